The van der Waals surface area contributed by atoms with E-state index in [0.29, 0.717) is 30.8 Å². The first-order valence-electron chi connectivity index (χ1n) is 10.6. The second-order valence-electron chi connectivity index (χ2n) is 7.97. The van der Waals surface area contributed by atoms with Gasteiger partial charge >= 0.3 is 0 Å². The smallest absolute Gasteiger partial charge is 0.292 e. The Morgan fingerprint density at radius 1 is 1.31 bits per heavy atom. The lowest BCUT2D eigenvalue weighted by atomic mass is 10.0. The monoisotopic (exact) mass is 438 g/mol. The van der Waals surface area contributed by atoms with Crippen molar-refractivity contribution in [3.63, 3.8) is 0 Å². The van der Waals surface area contributed by atoms with Crippen LogP contribution in [0.2, 0.25) is 0 Å². The molecule has 32 heavy (non-hydrogen) atoms. The molecule has 1 aliphatic carbocycles. The molecule has 4 rings (SSSR count). The van der Waals surface area contributed by atoms with E-state index < -0.39 is 23.4 Å². The fourth-order valence-electron chi connectivity index (χ4n) is 4.01. The van der Waals surface area contributed by atoms with Gasteiger partial charge in [0.05, 0.1) is 23.8 Å². The molecular weight excluding hydrogens is 415 g/mol. The summed E-state index contributed by atoms with van der Waals surface area (Å²) < 4.78 is 20.8. The van der Waals surface area contributed by atoms with Gasteiger partial charge in [-0.3, -0.25) is 14.4 Å². The zero-order valence-corrected chi connectivity index (χ0v) is 17.7. The van der Waals surface area contributed by atoms with E-state index >= 15 is 0 Å². The van der Waals surface area contributed by atoms with Gasteiger partial charge in [-0.2, -0.15) is 5.26 Å². The summed E-state index contributed by atoms with van der Waals surface area (Å²) in [5.74, 6) is -2.56. The number of aromatic nitrogens is 1. The second-order valence-corrected chi connectivity index (χ2v) is 7.97. The summed E-state index contributed by atoms with van der Waals surface area (Å²) >= 11 is 0. The van der Waals surface area contributed by atoms with E-state index in [-0.39, 0.29) is 35.2 Å². The Morgan fingerprint density at radius 3 is 2.81 bits per heavy atom. The van der Waals surface area contributed by atoms with Crippen LogP contribution in [-0.4, -0.2) is 41.4 Å². The summed E-state index contributed by atoms with van der Waals surface area (Å²) in [6, 6.07) is 5.45. The molecule has 0 saturated heterocycles. The highest BCUT2D eigenvalue weighted by molar-refractivity contribution is 6.43. The van der Waals surface area contributed by atoms with Crippen molar-refractivity contribution < 1.29 is 23.5 Å². The Bertz CT molecular complexity index is 1140. The first-order chi connectivity index (χ1) is 15.4. The van der Waals surface area contributed by atoms with Crippen molar-refractivity contribution in [2.45, 2.75) is 45.3 Å². The molecule has 0 spiro atoms. The van der Waals surface area contributed by atoms with E-state index in [4.69, 9.17) is 10.00 Å². The SMILES string of the molecule is Cc1c(C(=O)C(=O)NCCOC2CC2)c2n(c1C(=O)Nc1ccc(F)c(C#N)c1)CCC2. The number of carbonyl (C=O) groups excluding carboxylic acids is 3. The van der Waals surface area contributed by atoms with Crippen LogP contribution < -0.4 is 10.6 Å². The van der Waals surface area contributed by atoms with Gasteiger partial charge in [0.1, 0.15) is 17.6 Å². The standard InChI is InChI=1S/C23H23FN4O4/c1-13-19(21(29)23(31)26-8-10-32-16-5-6-16)18-3-2-9-28(18)20(13)22(30)27-15-4-7-17(24)14(11-15)12-25/h4,7,11,16H,2-3,5-6,8-10H2,1H3,(H,26,31)(H,27,30). The molecular formula is C23H23FN4O4. The van der Waals surface area contributed by atoms with Crippen LogP contribution in [0, 0.1) is 24.1 Å². The predicted molar refractivity (Wildman–Crippen MR) is 113 cm³/mol. The van der Waals surface area contributed by atoms with Gasteiger partial charge in [-0.05, 0) is 56.4 Å². The van der Waals surface area contributed by atoms with E-state index in [9.17, 15) is 18.8 Å². The molecule has 2 amide bonds. The van der Waals surface area contributed by atoms with Crippen molar-refractivity contribution in [1.29, 1.82) is 5.26 Å². The quantitative estimate of drug-likeness (QED) is 0.374. The number of nitriles is 1. The number of Topliss-reactive ketones (excluding diaryl/α,β-unsaturated/α-hetero) is 1. The number of benzene rings is 1. The number of rotatable bonds is 8. The second kappa shape index (κ2) is 8.93. The summed E-state index contributed by atoms with van der Waals surface area (Å²) in [6.45, 7) is 2.79. The Kier molecular flexibility index (Phi) is 6.06. The fraction of sp³-hybridized carbons (Fsp3) is 0.391. The van der Waals surface area contributed by atoms with Crippen LogP contribution in [0.1, 0.15) is 56.9 Å². The van der Waals surface area contributed by atoms with Crippen LogP contribution in [0.4, 0.5) is 10.1 Å². The van der Waals surface area contributed by atoms with Crippen LogP contribution in [0.25, 0.3) is 0 Å². The van der Waals surface area contributed by atoms with E-state index in [1.54, 1.807) is 17.6 Å². The minimum atomic E-state index is -0.725. The maximum atomic E-state index is 13.6. The Labute approximate surface area is 184 Å². The number of carbonyl (C=O) groups is 3. The van der Waals surface area contributed by atoms with E-state index in [1.807, 2.05) is 0 Å². The fourth-order valence-corrected chi connectivity index (χ4v) is 4.01. The maximum absolute atomic E-state index is 13.6. The molecule has 2 aromatic rings. The normalized spacial score (nSPS) is 14.5. The highest BCUT2D eigenvalue weighted by atomic mass is 19.1. The molecule has 1 saturated carbocycles. The molecule has 0 radical (unpaired) electrons. The van der Waals surface area contributed by atoms with Crippen LogP contribution >= 0.6 is 0 Å². The van der Waals surface area contributed by atoms with Gasteiger partial charge in [-0.1, -0.05) is 0 Å². The summed E-state index contributed by atoms with van der Waals surface area (Å²) in [6.07, 6.45) is 3.67. The minimum Gasteiger partial charge on any atom is -0.376 e. The zero-order chi connectivity index (χ0) is 22.8. The van der Waals surface area contributed by atoms with E-state index in [2.05, 4.69) is 10.6 Å². The average molecular weight is 438 g/mol. The van der Waals surface area contributed by atoms with E-state index in [0.717, 1.165) is 25.3 Å². The van der Waals surface area contributed by atoms with Crippen LogP contribution in [0.5, 0.6) is 0 Å². The Morgan fingerprint density at radius 2 is 2.09 bits per heavy atom. The molecule has 8 nitrogen and oxygen atoms in total. The van der Waals surface area contributed by atoms with Gasteiger partial charge < -0.3 is 19.9 Å². The van der Waals surface area contributed by atoms with Gasteiger partial charge in [0, 0.05) is 24.5 Å². The Hall–Kier alpha value is -3.51. The molecule has 9 heteroatoms. The lowest BCUT2D eigenvalue weighted by Gasteiger charge is -2.09. The number of fused-ring (bicyclic) bond motifs is 1. The molecule has 2 N–H and O–H groups in total. The molecule has 0 unspecified atom stereocenters. The van der Waals surface area contributed by atoms with Crippen molar-refractivity contribution in [1.82, 2.24) is 9.88 Å². The van der Waals surface area contributed by atoms with Crippen LogP contribution in [0.15, 0.2) is 18.2 Å². The third-order valence-electron chi connectivity index (χ3n) is 5.67. The average Bonchev–Trinajstić information content (AvgIpc) is 3.41. The topological polar surface area (TPSA) is 113 Å². The number of halogens is 1. The maximum Gasteiger partial charge on any atom is 0.292 e. The number of hydrogen-bond acceptors (Lipinski definition) is 5. The predicted octanol–water partition coefficient (Wildman–Crippen LogP) is 2.48. The van der Waals surface area contributed by atoms with Crippen molar-refractivity contribution in [2.24, 2.45) is 0 Å². The number of hydrogen-bond donors (Lipinski definition) is 2. The molecule has 1 fully saturated rings. The van der Waals surface area contributed by atoms with Gasteiger partial charge in [-0.25, -0.2) is 4.39 Å². The summed E-state index contributed by atoms with van der Waals surface area (Å²) in [4.78, 5) is 38.4. The highest BCUT2D eigenvalue weighted by Crippen LogP contribution is 2.30. The Balaban J connectivity index is 1.53. The first kappa shape index (κ1) is 21.7. The molecule has 1 aliphatic heterocycles. The number of nitrogens with one attached hydrogen (secondary N) is 2. The molecule has 166 valence electrons. The first-order valence-corrected chi connectivity index (χ1v) is 10.6. The highest BCUT2D eigenvalue weighted by Gasteiger charge is 2.33. The molecule has 0 bridgehead atoms. The number of nitrogens with zero attached hydrogens (tertiary/aromatic N) is 2. The van der Waals surface area contributed by atoms with E-state index in [1.165, 1.54) is 12.1 Å². The number of ketones is 1. The minimum absolute atomic E-state index is 0.182. The summed E-state index contributed by atoms with van der Waals surface area (Å²) in [5.41, 5.74) is 1.71. The van der Waals surface area contributed by atoms with Crippen molar-refractivity contribution in [2.75, 3.05) is 18.5 Å². The third kappa shape index (κ3) is 4.27. The number of amides is 2. The zero-order valence-electron chi connectivity index (χ0n) is 17.7. The van der Waals surface area contributed by atoms with Crippen LogP contribution in [-0.2, 0) is 22.5 Å². The summed E-state index contributed by atoms with van der Waals surface area (Å²) in [5, 5.41) is 14.3. The van der Waals surface area contributed by atoms with Gasteiger partial charge in [-0.15, -0.1) is 0 Å². The molecule has 1 aromatic heterocycles. The molecule has 1 aromatic carbocycles. The molecule has 0 atom stereocenters. The molecule has 2 aliphatic rings. The van der Waals surface area contributed by atoms with Crippen molar-refractivity contribution in [3.05, 3.63) is 52.1 Å². The number of ether oxygens (including phenoxy) is 1. The number of anilines is 1. The van der Waals surface area contributed by atoms with Crippen molar-refractivity contribution >= 4 is 23.3 Å². The molecule has 2 heterocycles. The van der Waals surface area contributed by atoms with Crippen LogP contribution in [0.3, 0.4) is 0 Å². The lowest BCUT2D eigenvalue weighted by molar-refractivity contribution is -0.117. The van der Waals surface area contributed by atoms with Crippen molar-refractivity contribution in [3.8, 4) is 6.07 Å². The van der Waals surface area contributed by atoms with Gasteiger partial charge in [0.25, 0.3) is 17.6 Å². The summed E-state index contributed by atoms with van der Waals surface area (Å²) in [7, 11) is 0. The lowest BCUT2D eigenvalue weighted by Crippen LogP contribution is -2.34. The third-order valence-corrected chi connectivity index (χ3v) is 5.67. The van der Waals surface area contributed by atoms with Gasteiger partial charge in [0.2, 0.25) is 0 Å². The largest absolute Gasteiger partial charge is 0.376 e. The van der Waals surface area contributed by atoms with Gasteiger partial charge in [0.15, 0.2) is 0 Å².